The first-order chi connectivity index (χ1) is 21.5. The van der Waals surface area contributed by atoms with Gasteiger partial charge in [0, 0.05) is 5.75 Å². The van der Waals surface area contributed by atoms with E-state index in [0.717, 1.165) is 0 Å². The zero-order valence-electron chi connectivity index (χ0n) is 27.3. The summed E-state index contributed by atoms with van der Waals surface area (Å²) < 4.78 is 0. The Balaban J connectivity index is 5.55. The predicted molar refractivity (Wildman–Crippen MR) is 177 cm³/mol. The Labute approximate surface area is 279 Å². The number of rotatable bonds is 22. The van der Waals surface area contributed by atoms with Crippen LogP contribution in [0.25, 0.3) is 0 Å². The highest BCUT2D eigenvalue weighted by molar-refractivity contribution is 7.98. The number of hydrogen-bond acceptors (Lipinski definition) is 11. The van der Waals surface area contributed by atoms with Crippen molar-refractivity contribution in [3.63, 3.8) is 0 Å². The summed E-state index contributed by atoms with van der Waals surface area (Å²) in [6, 6.07) is -6.77. The second kappa shape index (κ2) is 22.4. The minimum atomic E-state index is -1.26. The molecule has 46 heavy (non-hydrogen) atoms. The number of nitrogens with one attached hydrogen (secondary N) is 6. The van der Waals surface area contributed by atoms with Gasteiger partial charge in [0.05, 0.1) is 13.2 Å². The summed E-state index contributed by atoms with van der Waals surface area (Å²) in [5.74, 6) is -5.49. The van der Waals surface area contributed by atoms with Gasteiger partial charge in [-0.1, -0.05) is 34.1 Å². The molecule has 0 rings (SSSR count). The molecule has 10 N–H and O–H groups in total. The van der Waals surface area contributed by atoms with Crippen molar-refractivity contribution >= 4 is 65.8 Å². The SMILES string of the molecule is CC[C@H](C)[C@H](NC(=O)[C@H](CCSC)NC(=O)[C@@H](N)CO)C(=O)NCC(=O)N[C@@H](CC(C)C)C(=O)N[C@@H](CS)C(=O)N[C@@H](C)C(=O)O. The van der Waals surface area contributed by atoms with Gasteiger partial charge in [0.15, 0.2) is 0 Å². The fourth-order valence-electron chi connectivity index (χ4n) is 3.89. The Morgan fingerprint density at radius 3 is 1.87 bits per heavy atom. The molecule has 0 aliphatic rings. The zero-order chi connectivity index (χ0) is 35.6. The largest absolute Gasteiger partial charge is 0.480 e. The van der Waals surface area contributed by atoms with E-state index in [-0.39, 0.29) is 30.4 Å². The van der Waals surface area contributed by atoms with E-state index in [1.807, 2.05) is 27.0 Å². The second-order valence-electron chi connectivity index (χ2n) is 11.3. The summed E-state index contributed by atoms with van der Waals surface area (Å²) in [6.07, 6.45) is 2.74. The van der Waals surface area contributed by atoms with Crippen LogP contribution in [0.5, 0.6) is 0 Å². The number of carboxylic acid groups (broad SMARTS) is 1. The molecule has 0 aromatic carbocycles. The number of aliphatic carboxylic acids is 1. The summed E-state index contributed by atoms with van der Waals surface area (Å²) >= 11 is 5.51. The van der Waals surface area contributed by atoms with Crippen LogP contribution >= 0.6 is 24.4 Å². The third-order valence-electron chi connectivity index (χ3n) is 6.90. The highest BCUT2D eigenvalue weighted by Crippen LogP contribution is 2.10. The van der Waals surface area contributed by atoms with Gasteiger partial charge in [0.1, 0.15) is 36.3 Å². The van der Waals surface area contributed by atoms with Gasteiger partial charge in [-0.25, -0.2) is 0 Å². The van der Waals surface area contributed by atoms with Crippen LogP contribution in [-0.4, -0.2) is 119 Å². The average Bonchev–Trinajstić information content (AvgIpc) is 3.01. The highest BCUT2D eigenvalue weighted by atomic mass is 32.2. The van der Waals surface area contributed by atoms with E-state index in [0.29, 0.717) is 12.2 Å². The van der Waals surface area contributed by atoms with Crippen molar-refractivity contribution in [1.82, 2.24) is 31.9 Å². The standard InChI is InChI=1S/C28H51N7O9S2/c1-7-15(4)22(35-24(39)18(8-9-46-6)33-23(38)17(29)12-36)27(42)30-11-21(37)32-19(10-14(2)3)25(40)34-20(13-45)26(41)31-16(5)28(43)44/h14-20,22,36,45H,7-13,29H2,1-6H3,(H,30,42)(H,31,41)(H,32,37)(H,33,38)(H,34,40)(H,35,39)(H,43,44)/t15-,16-,17-,18-,19-,20-,22-/m0/s1. The van der Waals surface area contributed by atoms with Crippen LogP contribution in [0.15, 0.2) is 0 Å². The van der Waals surface area contributed by atoms with Crippen LogP contribution in [0.2, 0.25) is 0 Å². The molecule has 0 fully saturated rings. The first kappa shape index (κ1) is 42.9. The molecule has 0 unspecified atom stereocenters. The Kier molecular flexibility index (Phi) is 20.9. The number of aliphatic hydroxyl groups excluding tert-OH is 1. The number of nitrogens with two attached hydrogens (primary N) is 1. The normalized spacial score (nSPS) is 15.6. The van der Waals surface area contributed by atoms with E-state index in [1.165, 1.54) is 18.7 Å². The molecule has 16 nitrogen and oxygen atoms in total. The van der Waals surface area contributed by atoms with Crippen LogP contribution in [-0.2, 0) is 33.6 Å². The Bertz CT molecular complexity index is 1050. The van der Waals surface area contributed by atoms with Crippen LogP contribution in [0.1, 0.15) is 53.9 Å². The van der Waals surface area contributed by atoms with Crippen molar-refractivity contribution in [1.29, 1.82) is 0 Å². The first-order valence-electron chi connectivity index (χ1n) is 15.0. The molecule has 0 aromatic rings. The van der Waals surface area contributed by atoms with E-state index in [9.17, 15) is 33.6 Å². The molecule has 7 atom stereocenters. The number of carbonyl (C=O) groups excluding carboxylic acids is 6. The number of carboxylic acids is 1. The van der Waals surface area contributed by atoms with E-state index in [4.69, 9.17) is 15.9 Å². The molecule has 0 saturated heterocycles. The maximum Gasteiger partial charge on any atom is 0.325 e. The third kappa shape index (κ3) is 16.0. The molecule has 264 valence electrons. The molecule has 18 heteroatoms. The fraction of sp³-hybridized carbons (Fsp3) is 0.750. The number of carbonyl (C=O) groups is 7. The monoisotopic (exact) mass is 693 g/mol. The van der Waals surface area contributed by atoms with E-state index in [1.54, 1.807) is 6.92 Å². The maximum atomic E-state index is 13.2. The lowest BCUT2D eigenvalue weighted by Crippen LogP contribution is -2.59. The quantitative estimate of drug-likeness (QED) is 0.0541. The maximum absolute atomic E-state index is 13.2. The number of aliphatic hydroxyl groups is 1. The Morgan fingerprint density at radius 2 is 1.37 bits per heavy atom. The molecule has 6 amide bonds. The van der Waals surface area contributed by atoms with Gasteiger partial charge >= 0.3 is 5.97 Å². The first-order valence-corrected chi connectivity index (χ1v) is 17.0. The van der Waals surface area contributed by atoms with Crippen molar-refractivity contribution < 1.29 is 43.8 Å². The summed E-state index contributed by atoms with van der Waals surface area (Å²) in [4.78, 5) is 87.9. The van der Waals surface area contributed by atoms with Gasteiger partial charge in [-0.05, 0) is 43.6 Å². The van der Waals surface area contributed by atoms with Crippen LogP contribution in [0.3, 0.4) is 0 Å². The van der Waals surface area contributed by atoms with Crippen molar-refractivity contribution in [3.8, 4) is 0 Å². The van der Waals surface area contributed by atoms with Crippen LogP contribution < -0.4 is 37.6 Å². The number of hydrogen-bond donors (Lipinski definition) is 10. The minimum Gasteiger partial charge on any atom is -0.480 e. The van der Waals surface area contributed by atoms with Crippen LogP contribution in [0.4, 0.5) is 0 Å². The van der Waals surface area contributed by atoms with Gasteiger partial charge in [0.25, 0.3) is 0 Å². The van der Waals surface area contributed by atoms with Crippen molar-refractivity contribution in [2.45, 2.75) is 90.1 Å². The molecule has 0 aliphatic heterocycles. The predicted octanol–water partition coefficient (Wildman–Crippen LogP) is -2.27. The average molecular weight is 694 g/mol. The van der Waals surface area contributed by atoms with Crippen molar-refractivity contribution in [2.24, 2.45) is 17.6 Å². The summed E-state index contributed by atoms with van der Waals surface area (Å²) in [5, 5.41) is 33.1. The van der Waals surface area contributed by atoms with Crippen molar-refractivity contribution in [2.75, 3.05) is 30.9 Å². The zero-order valence-corrected chi connectivity index (χ0v) is 29.0. The lowest BCUT2D eigenvalue weighted by Gasteiger charge is -2.27. The molecule has 0 radical (unpaired) electrons. The second-order valence-corrected chi connectivity index (χ2v) is 12.6. The molecule has 0 spiro atoms. The van der Waals surface area contributed by atoms with Gasteiger partial charge < -0.3 is 47.8 Å². The topological polar surface area (TPSA) is 258 Å². The molecule has 0 saturated carbocycles. The van der Waals surface area contributed by atoms with Gasteiger partial charge in [-0.3, -0.25) is 33.6 Å². The van der Waals surface area contributed by atoms with Crippen molar-refractivity contribution in [3.05, 3.63) is 0 Å². The smallest absolute Gasteiger partial charge is 0.325 e. The fourth-order valence-corrected chi connectivity index (χ4v) is 4.62. The highest BCUT2D eigenvalue weighted by Gasteiger charge is 2.32. The minimum absolute atomic E-state index is 0.0579. The van der Waals surface area contributed by atoms with Gasteiger partial charge in [-0.2, -0.15) is 24.4 Å². The summed E-state index contributed by atoms with van der Waals surface area (Å²) in [5.41, 5.74) is 5.56. The van der Waals surface area contributed by atoms with Crippen LogP contribution in [0, 0.1) is 11.8 Å². The van der Waals surface area contributed by atoms with E-state index >= 15 is 0 Å². The molecular formula is C28H51N7O9S2. The summed E-state index contributed by atoms with van der Waals surface area (Å²) in [7, 11) is 0. The third-order valence-corrected chi connectivity index (χ3v) is 7.91. The van der Waals surface area contributed by atoms with Gasteiger partial charge in [-0.15, -0.1) is 0 Å². The summed E-state index contributed by atoms with van der Waals surface area (Å²) in [6.45, 7) is 7.30. The molecular weight excluding hydrogens is 642 g/mol. The Morgan fingerprint density at radius 1 is 0.804 bits per heavy atom. The lowest BCUT2D eigenvalue weighted by molar-refractivity contribution is -0.141. The lowest BCUT2D eigenvalue weighted by atomic mass is 9.97. The number of amides is 6. The molecule has 0 heterocycles. The molecule has 0 bridgehead atoms. The molecule has 0 aliphatic carbocycles. The van der Waals surface area contributed by atoms with E-state index < -0.39 is 90.8 Å². The number of thiol groups is 1. The van der Waals surface area contributed by atoms with E-state index in [2.05, 4.69) is 44.5 Å². The Hall–Kier alpha value is -3.09. The molecule has 0 aromatic heterocycles. The van der Waals surface area contributed by atoms with Gasteiger partial charge in [0.2, 0.25) is 35.4 Å². The number of thioether (sulfide) groups is 1.